The van der Waals surface area contributed by atoms with E-state index in [2.05, 4.69) is 6.07 Å². The van der Waals surface area contributed by atoms with Crippen LogP contribution in [0.1, 0.15) is 59.1 Å². The Labute approximate surface area is 127 Å². The van der Waals surface area contributed by atoms with Gasteiger partial charge in [0.2, 0.25) is 0 Å². The molecule has 0 amide bonds. The molecule has 0 fully saturated rings. The molecule has 0 saturated carbocycles. The van der Waals surface area contributed by atoms with Gasteiger partial charge >= 0.3 is 0 Å². The van der Waals surface area contributed by atoms with Gasteiger partial charge in [0.25, 0.3) is 5.79 Å². The van der Waals surface area contributed by atoms with Crippen LogP contribution in [0.25, 0.3) is 0 Å². The third-order valence-corrected chi connectivity index (χ3v) is 3.00. The summed E-state index contributed by atoms with van der Waals surface area (Å²) in [5.74, 6) is -1.00. The van der Waals surface area contributed by atoms with Gasteiger partial charge in [0.05, 0.1) is 11.2 Å². The molecule has 4 heteroatoms. The lowest BCUT2D eigenvalue weighted by Crippen LogP contribution is -2.37. The number of fused-ring (bicyclic) bond motifs is 1. The molecule has 0 heterocycles. The minimum Gasteiger partial charge on any atom is -0.227 e. The lowest BCUT2D eigenvalue weighted by molar-refractivity contribution is -0.548. The molecule has 1 aromatic carbocycles. The molecule has 1 aliphatic carbocycles. The van der Waals surface area contributed by atoms with Crippen LogP contribution in [-0.2, 0) is 31.8 Å². The van der Waals surface area contributed by atoms with E-state index in [1.807, 2.05) is 59.7 Å². The molecule has 0 spiro atoms. The Morgan fingerprint density at radius 3 is 1.90 bits per heavy atom. The van der Waals surface area contributed by atoms with E-state index in [0.29, 0.717) is 6.42 Å². The molecule has 0 aromatic heterocycles. The van der Waals surface area contributed by atoms with E-state index in [9.17, 15) is 0 Å². The topological polar surface area (TPSA) is 36.9 Å². The highest BCUT2D eigenvalue weighted by molar-refractivity contribution is 5.35. The average Bonchev–Trinajstić information content (AvgIpc) is 2.73. The van der Waals surface area contributed by atoms with Crippen molar-refractivity contribution in [1.29, 1.82) is 0 Å². The predicted molar refractivity (Wildman–Crippen MR) is 80.3 cm³/mol. The zero-order valence-electron chi connectivity index (χ0n) is 13.9. The summed E-state index contributed by atoms with van der Waals surface area (Å²) in [6.45, 7) is 11.6. The lowest BCUT2D eigenvalue weighted by Gasteiger charge is -2.33. The van der Waals surface area contributed by atoms with Gasteiger partial charge in [0.15, 0.2) is 0 Å². The highest BCUT2D eigenvalue weighted by atomic mass is 17.3. The molecule has 0 unspecified atom stereocenters. The van der Waals surface area contributed by atoms with Crippen molar-refractivity contribution in [2.75, 3.05) is 0 Å². The fourth-order valence-corrected chi connectivity index (χ4v) is 2.12. The van der Waals surface area contributed by atoms with Crippen LogP contribution in [0.2, 0.25) is 0 Å². The van der Waals surface area contributed by atoms with Crippen molar-refractivity contribution in [3.8, 4) is 0 Å². The van der Waals surface area contributed by atoms with E-state index in [1.165, 1.54) is 5.56 Å². The summed E-state index contributed by atoms with van der Waals surface area (Å²) in [6, 6.07) is 8.07. The van der Waals surface area contributed by atoms with Crippen LogP contribution in [0.3, 0.4) is 0 Å². The van der Waals surface area contributed by atoms with Gasteiger partial charge in [0, 0.05) is 12.0 Å². The van der Waals surface area contributed by atoms with E-state index in [1.54, 1.807) is 0 Å². The maximum Gasteiger partial charge on any atom is 0.259 e. The quantitative estimate of drug-likeness (QED) is 0.472. The van der Waals surface area contributed by atoms with E-state index in [-0.39, 0.29) is 0 Å². The minimum absolute atomic E-state index is 0.421. The molecule has 0 saturated heterocycles. The molecular formula is C17H26O4. The summed E-state index contributed by atoms with van der Waals surface area (Å²) >= 11 is 0. The van der Waals surface area contributed by atoms with Crippen molar-refractivity contribution in [3.05, 3.63) is 35.4 Å². The number of hydrogen-bond donors (Lipinski definition) is 0. The van der Waals surface area contributed by atoms with Gasteiger partial charge in [0.1, 0.15) is 0 Å². The van der Waals surface area contributed by atoms with Crippen LogP contribution in [0.5, 0.6) is 0 Å². The molecule has 2 rings (SSSR count). The van der Waals surface area contributed by atoms with E-state index in [4.69, 9.17) is 19.6 Å². The normalized spacial score (nSPS) is 17.8. The molecular weight excluding hydrogens is 268 g/mol. The fraction of sp³-hybridized carbons (Fsp3) is 0.647. The lowest BCUT2D eigenvalue weighted by atomic mass is 10.1. The number of aryl methyl sites for hydroxylation is 1. The highest BCUT2D eigenvalue weighted by Crippen LogP contribution is 2.42. The van der Waals surface area contributed by atoms with Crippen molar-refractivity contribution in [2.45, 2.75) is 71.4 Å². The van der Waals surface area contributed by atoms with Gasteiger partial charge in [-0.2, -0.15) is 9.78 Å². The Balaban J connectivity index is 2.24. The van der Waals surface area contributed by atoms with E-state index < -0.39 is 17.0 Å². The summed E-state index contributed by atoms with van der Waals surface area (Å²) < 4.78 is 0. The number of hydrogen-bond acceptors (Lipinski definition) is 4. The van der Waals surface area contributed by atoms with Crippen molar-refractivity contribution in [2.24, 2.45) is 0 Å². The Morgan fingerprint density at radius 1 is 0.857 bits per heavy atom. The second-order valence-corrected chi connectivity index (χ2v) is 7.47. The molecule has 0 N–H and O–H groups in total. The van der Waals surface area contributed by atoms with Crippen LogP contribution in [0.15, 0.2) is 24.3 Å². The summed E-state index contributed by atoms with van der Waals surface area (Å²) in [5, 5.41) is 0. The maximum absolute atomic E-state index is 5.73. The molecule has 118 valence electrons. The SMILES string of the molecule is CC(C)(C)OOC1(OOC(C)(C)C)CCc2ccccc21. The summed E-state index contributed by atoms with van der Waals surface area (Å²) in [4.78, 5) is 22.5. The average molecular weight is 294 g/mol. The van der Waals surface area contributed by atoms with Gasteiger partial charge in [-0.15, -0.1) is 0 Å². The molecule has 4 nitrogen and oxygen atoms in total. The van der Waals surface area contributed by atoms with Gasteiger partial charge in [-0.1, -0.05) is 24.3 Å². The molecule has 0 aliphatic heterocycles. The van der Waals surface area contributed by atoms with Crippen LogP contribution < -0.4 is 0 Å². The van der Waals surface area contributed by atoms with Gasteiger partial charge < -0.3 is 0 Å². The van der Waals surface area contributed by atoms with Crippen molar-refractivity contribution in [1.82, 2.24) is 0 Å². The molecule has 0 bridgehead atoms. The molecule has 0 atom stereocenters. The van der Waals surface area contributed by atoms with Crippen molar-refractivity contribution in [3.63, 3.8) is 0 Å². The van der Waals surface area contributed by atoms with Crippen LogP contribution in [0.4, 0.5) is 0 Å². The van der Waals surface area contributed by atoms with Crippen molar-refractivity contribution < 1.29 is 19.6 Å². The largest absolute Gasteiger partial charge is 0.259 e. The molecule has 1 aromatic rings. The second-order valence-electron chi connectivity index (χ2n) is 7.47. The monoisotopic (exact) mass is 294 g/mol. The zero-order chi connectivity index (χ0) is 15.7. The van der Waals surface area contributed by atoms with Gasteiger partial charge in [-0.05, 0) is 53.5 Å². The first-order chi connectivity index (χ1) is 9.61. The highest BCUT2D eigenvalue weighted by Gasteiger charge is 2.45. The number of rotatable bonds is 4. The first kappa shape index (κ1) is 16.4. The smallest absolute Gasteiger partial charge is 0.227 e. The third kappa shape index (κ3) is 4.27. The Bertz CT molecular complexity index is 464. The summed E-state index contributed by atoms with van der Waals surface area (Å²) in [7, 11) is 0. The first-order valence-electron chi connectivity index (χ1n) is 7.43. The first-order valence-corrected chi connectivity index (χ1v) is 7.43. The predicted octanol–water partition coefficient (Wildman–Crippen LogP) is 4.28. The molecule has 1 aliphatic rings. The standard InChI is InChI=1S/C17H26O4/c1-15(2,3)18-20-17(21-19-16(4,5)6)12-11-13-9-7-8-10-14(13)17/h7-10H,11-12H2,1-6H3. The third-order valence-electron chi connectivity index (χ3n) is 3.00. The van der Waals surface area contributed by atoms with Gasteiger partial charge in [-0.25, -0.2) is 9.78 Å². The molecule has 21 heavy (non-hydrogen) atoms. The summed E-state index contributed by atoms with van der Waals surface area (Å²) in [6.07, 6.45) is 1.54. The second kappa shape index (κ2) is 5.69. The molecule has 0 radical (unpaired) electrons. The van der Waals surface area contributed by atoms with Crippen LogP contribution in [0, 0.1) is 0 Å². The zero-order valence-corrected chi connectivity index (χ0v) is 13.9. The maximum atomic E-state index is 5.73. The van der Waals surface area contributed by atoms with Crippen LogP contribution >= 0.6 is 0 Å². The minimum atomic E-state index is -1.00. The van der Waals surface area contributed by atoms with Crippen LogP contribution in [-0.4, -0.2) is 11.2 Å². The number of benzene rings is 1. The summed E-state index contributed by atoms with van der Waals surface area (Å²) in [5.41, 5.74) is 1.33. The fourth-order valence-electron chi connectivity index (χ4n) is 2.12. The van der Waals surface area contributed by atoms with Gasteiger partial charge in [-0.3, -0.25) is 0 Å². The van der Waals surface area contributed by atoms with E-state index in [0.717, 1.165) is 12.0 Å². The Kier molecular flexibility index (Phi) is 4.45. The Hall–Kier alpha value is -0.940. The van der Waals surface area contributed by atoms with E-state index >= 15 is 0 Å². The Morgan fingerprint density at radius 2 is 1.38 bits per heavy atom. The van der Waals surface area contributed by atoms with Crippen molar-refractivity contribution >= 4 is 0 Å².